The van der Waals surface area contributed by atoms with Crippen molar-refractivity contribution < 1.29 is 24.2 Å². The number of ether oxygens (including phenoxy) is 2. The van der Waals surface area contributed by atoms with E-state index in [4.69, 9.17) is 31.9 Å². The molecule has 26 heavy (non-hydrogen) atoms. The van der Waals surface area contributed by atoms with Gasteiger partial charge >= 0.3 is 5.97 Å². The van der Waals surface area contributed by atoms with Gasteiger partial charge in [-0.1, -0.05) is 11.6 Å². The fraction of sp³-hybridized carbons (Fsp3) is 0.118. The van der Waals surface area contributed by atoms with Gasteiger partial charge in [0.25, 0.3) is 5.91 Å². The number of nitrogens with zero attached hydrogens (tertiary/aromatic N) is 1. The number of hydrogen-bond donors (Lipinski definition) is 3. The predicted molar refractivity (Wildman–Crippen MR) is 97.3 cm³/mol. The molecule has 0 unspecified atom stereocenters. The molecule has 0 atom stereocenters. The van der Waals surface area contributed by atoms with E-state index >= 15 is 0 Å². The lowest BCUT2D eigenvalue weighted by molar-refractivity contribution is -0.119. The maximum atomic E-state index is 11.1. The molecule has 0 spiro atoms. The second-order valence-corrected chi connectivity index (χ2v) is 5.44. The summed E-state index contributed by atoms with van der Waals surface area (Å²) in [7, 11) is 1.47. The first-order valence-electron chi connectivity index (χ1n) is 7.31. The highest BCUT2D eigenvalue weighted by Gasteiger charge is 2.09. The minimum atomic E-state index is -1.13. The van der Waals surface area contributed by atoms with Crippen molar-refractivity contribution in [1.29, 1.82) is 0 Å². The van der Waals surface area contributed by atoms with E-state index in [1.54, 1.807) is 24.3 Å². The van der Waals surface area contributed by atoms with Crippen LogP contribution in [0.5, 0.6) is 11.5 Å². The molecular formula is C17H16ClN3O5. The zero-order valence-electron chi connectivity index (χ0n) is 13.7. The summed E-state index contributed by atoms with van der Waals surface area (Å²) in [6.07, 6.45) is 1.49. The van der Waals surface area contributed by atoms with E-state index < -0.39 is 11.9 Å². The monoisotopic (exact) mass is 377 g/mol. The van der Waals surface area contributed by atoms with Crippen molar-refractivity contribution >= 4 is 35.4 Å². The molecule has 1 amide bonds. The second kappa shape index (κ2) is 8.72. The zero-order chi connectivity index (χ0) is 19.1. The number of aromatic carboxylic acids is 1. The first-order chi connectivity index (χ1) is 12.4. The number of anilines is 1. The summed E-state index contributed by atoms with van der Waals surface area (Å²) >= 11 is 5.81. The first kappa shape index (κ1) is 19.1. The number of rotatable bonds is 8. The Kier molecular flexibility index (Phi) is 6.40. The van der Waals surface area contributed by atoms with Crippen molar-refractivity contribution in [2.75, 3.05) is 19.1 Å². The normalized spacial score (nSPS) is 10.5. The van der Waals surface area contributed by atoms with Crippen LogP contribution in [0.25, 0.3) is 0 Å². The summed E-state index contributed by atoms with van der Waals surface area (Å²) in [5.74, 6) is -0.950. The van der Waals surface area contributed by atoms with Gasteiger partial charge in [-0.15, -0.1) is 0 Å². The van der Waals surface area contributed by atoms with Crippen LogP contribution in [-0.4, -0.2) is 36.9 Å². The van der Waals surface area contributed by atoms with Crippen LogP contribution in [0, 0.1) is 0 Å². The summed E-state index contributed by atoms with van der Waals surface area (Å²) in [4.78, 5) is 21.9. The van der Waals surface area contributed by atoms with Crippen LogP contribution in [0.1, 0.15) is 15.9 Å². The third-order valence-electron chi connectivity index (χ3n) is 3.16. The van der Waals surface area contributed by atoms with Gasteiger partial charge in [0, 0.05) is 0 Å². The number of halogens is 1. The molecule has 0 aliphatic carbocycles. The molecule has 0 bridgehead atoms. The Morgan fingerprint density at radius 1 is 1.27 bits per heavy atom. The van der Waals surface area contributed by atoms with Crippen molar-refractivity contribution in [2.45, 2.75) is 0 Å². The van der Waals surface area contributed by atoms with E-state index in [-0.39, 0.29) is 17.2 Å². The topological polar surface area (TPSA) is 123 Å². The number of hydrogen-bond acceptors (Lipinski definition) is 6. The number of nitrogens with one attached hydrogen (secondary N) is 1. The SMILES string of the molecule is COc1ccc(/C=N\Nc2ccc(Cl)c(C(=O)O)c2)cc1OCC(N)=O. The molecular weight excluding hydrogens is 362 g/mol. The lowest BCUT2D eigenvalue weighted by Crippen LogP contribution is -2.20. The van der Waals surface area contributed by atoms with E-state index in [1.807, 2.05) is 0 Å². The van der Waals surface area contributed by atoms with Gasteiger partial charge in [-0.3, -0.25) is 10.2 Å². The molecule has 0 saturated carbocycles. The Hall–Kier alpha value is -3.26. The van der Waals surface area contributed by atoms with Crippen LogP contribution in [0.4, 0.5) is 5.69 Å². The molecule has 0 saturated heterocycles. The van der Waals surface area contributed by atoms with Crippen LogP contribution in [-0.2, 0) is 4.79 Å². The molecule has 0 aliphatic heterocycles. The maximum absolute atomic E-state index is 11.1. The third-order valence-corrected chi connectivity index (χ3v) is 3.49. The van der Waals surface area contributed by atoms with Crippen molar-refractivity contribution in [1.82, 2.24) is 0 Å². The lowest BCUT2D eigenvalue weighted by Gasteiger charge is -2.10. The van der Waals surface area contributed by atoms with E-state index in [0.29, 0.717) is 22.7 Å². The summed E-state index contributed by atoms with van der Waals surface area (Å²) in [5.41, 5.74) is 8.87. The Labute approximate surface area is 154 Å². The fourth-order valence-electron chi connectivity index (χ4n) is 1.98. The highest BCUT2D eigenvalue weighted by atomic mass is 35.5. The fourth-order valence-corrected chi connectivity index (χ4v) is 2.17. The van der Waals surface area contributed by atoms with Gasteiger partial charge in [0.05, 0.1) is 29.6 Å². The largest absolute Gasteiger partial charge is 0.493 e. The maximum Gasteiger partial charge on any atom is 0.337 e. The van der Waals surface area contributed by atoms with Gasteiger partial charge in [0.15, 0.2) is 18.1 Å². The molecule has 2 aromatic rings. The number of carbonyl (C=O) groups excluding carboxylic acids is 1. The summed E-state index contributed by atoms with van der Waals surface area (Å²) in [5, 5.41) is 13.2. The molecule has 0 fully saturated rings. The quantitative estimate of drug-likeness (QED) is 0.479. The number of methoxy groups -OCH3 is 1. The van der Waals surface area contributed by atoms with E-state index in [1.165, 1.54) is 25.5 Å². The van der Waals surface area contributed by atoms with E-state index in [9.17, 15) is 9.59 Å². The van der Waals surface area contributed by atoms with Crippen molar-refractivity contribution in [3.05, 3.63) is 52.5 Å². The highest BCUT2D eigenvalue weighted by molar-refractivity contribution is 6.33. The molecule has 2 rings (SSSR count). The number of hydrazone groups is 1. The summed E-state index contributed by atoms with van der Waals surface area (Å²) in [6.45, 7) is -0.280. The number of primary amides is 1. The molecule has 0 heterocycles. The second-order valence-electron chi connectivity index (χ2n) is 5.04. The van der Waals surface area contributed by atoms with Gasteiger partial charge in [-0.2, -0.15) is 5.10 Å². The molecule has 4 N–H and O–H groups in total. The molecule has 0 aromatic heterocycles. The summed E-state index contributed by atoms with van der Waals surface area (Å²) in [6, 6.07) is 9.44. The standard InChI is InChI=1S/C17H16ClN3O5/c1-25-14-5-2-10(6-15(14)26-9-16(19)22)8-20-21-11-3-4-13(18)12(7-11)17(23)24/h2-8,21H,9H2,1H3,(H2,19,22)(H,23,24)/b20-8-. The minimum absolute atomic E-state index is 0.0292. The Balaban J connectivity index is 2.12. The van der Waals surface area contributed by atoms with Gasteiger partial charge in [0.1, 0.15) is 0 Å². The van der Waals surface area contributed by atoms with Gasteiger partial charge in [-0.05, 0) is 42.0 Å². The molecule has 2 aromatic carbocycles. The molecule has 9 heteroatoms. The summed E-state index contributed by atoms with van der Waals surface area (Å²) < 4.78 is 10.4. The van der Waals surface area contributed by atoms with Crippen LogP contribution in [0.3, 0.4) is 0 Å². The zero-order valence-corrected chi connectivity index (χ0v) is 14.5. The first-order valence-corrected chi connectivity index (χ1v) is 7.69. The van der Waals surface area contributed by atoms with Crippen LogP contribution >= 0.6 is 11.6 Å². The van der Waals surface area contributed by atoms with Gasteiger partial charge < -0.3 is 20.3 Å². The number of carboxylic acid groups (broad SMARTS) is 1. The van der Waals surface area contributed by atoms with Gasteiger partial charge in [0.2, 0.25) is 0 Å². The Morgan fingerprint density at radius 2 is 2.04 bits per heavy atom. The Morgan fingerprint density at radius 3 is 2.69 bits per heavy atom. The smallest absolute Gasteiger partial charge is 0.337 e. The molecule has 0 radical (unpaired) electrons. The van der Waals surface area contributed by atoms with Crippen LogP contribution in [0.2, 0.25) is 5.02 Å². The molecule has 136 valence electrons. The van der Waals surface area contributed by atoms with E-state index in [2.05, 4.69) is 10.5 Å². The van der Waals surface area contributed by atoms with Gasteiger partial charge in [-0.25, -0.2) is 4.79 Å². The number of carbonyl (C=O) groups is 2. The highest BCUT2D eigenvalue weighted by Crippen LogP contribution is 2.27. The van der Waals surface area contributed by atoms with Crippen LogP contribution in [0.15, 0.2) is 41.5 Å². The predicted octanol–water partition coefficient (Wildman–Crippen LogP) is 2.36. The Bertz CT molecular complexity index is 854. The number of amides is 1. The molecule has 8 nitrogen and oxygen atoms in total. The van der Waals surface area contributed by atoms with Crippen molar-refractivity contribution in [3.63, 3.8) is 0 Å². The van der Waals surface area contributed by atoms with Crippen molar-refractivity contribution in [2.24, 2.45) is 10.8 Å². The number of benzene rings is 2. The number of carboxylic acids is 1. The average Bonchev–Trinajstić information content (AvgIpc) is 2.61. The van der Waals surface area contributed by atoms with Crippen molar-refractivity contribution in [3.8, 4) is 11.5 Å². The molecule has 0 aliphatic rings. The van der Waals surface area contributed by atoms with Crippen LogP contribution < -0.4 is 20.6 Å². The lowest BCUT2D eigenvalue weighted by atomic mass is 10.2. The van der Waals surface area contributed by atoms with E-state index in [0.717, 1.165) is 0 Å². The average molecular weight is 378 g/mol. The minimum Gasteiger partial charge on any atom is -0.493 e. The third kappa shape index (κ3) is 5.12. The number of nitrogens with two attached hydrogens (primary N) is 1.